The van der Waals surface area contributed by atoms with Gasteiger partial charge in [0.1, 0.15) is 0 Å². The molecule has 98 valence electrons. The maximum absolute atomic E-state index is 10.9. The van der Waals surface area contributed by atoms with Crippen LogP contribution in [0.4, 0.5) is 11.4 Å². The van der Waals surface area contributed by atoms with Gasteiger partial charge >= 0.3 is 0 Å². The normalized spacial score (nSPS) is 11.9. The minimum Gasteiger partial charge on any atom is -0.374 e. The van der Waals surface area contributed by atoms with Gasteiger partial charge in [0.25, 0.3) is 5.69 Å². The van der Waals surface area contributed by atoms with Crippen molar-refractivity contribution in [3.05, 3.63) is 33.9 Å². The number of nitrogens with zero attached hydrogens (tertiary/aromatic N) is 2. The summed E-state index contributed by atoms with van der Waals surface area (Å²) < 4.78 is 0. The van der Waals surface area contributed by atoms with E-state index in [0.717, 1.165) is 18.7 Å². The topological polar surface area (TPSA) is 63.4 Å². The summed E-state index contributed by atoms with van der Waals surface area (Å²) in [5.74, 6) is 0.532. The molecule has 0 fully saturated rings. The second-order valence-electron chi connectivity index (χ2n) is 4.51. The van der Waals surface area contributed by atoms with Crippen molar-refractivity contribution in [2.45, 2.75) is 20.3 Å². The van der Waals surface area contributed by atoms with Crippen molar-refractivity contribution in [3.63, 3.8) is 0 Å². The molecule has 0 aliphatic carbocycles. The minimum atomic E-state index is -0.540. The van der Waals surface area contributed by atoms with E-state index in [2.05, 4.69) is 13.8 Å². The predicted octanol–water partition coefficient (Wildman–Crippen LogP) is 2.89. The van der Waals surface area contributed by atoms with Crippen LogP contribution in [0.2, 0.25) is 0 Å². The minimum absolute atomic E-state index is 0.119. The molecular formula is C13H18N2O3. The number of nitro groups is 1. The van der Waals surface area contributed by atoms with Gasteiger partial charge in [0.2, 0.25) is 0 Å². The van der Waals surface area contributed by atoms with E-state index in [4.69, 9.17) is 0 Å². The highest BCUT2D eigenvalue weighted by Gasteiger charge is 2.15. The van der Waals surface area contributed by atoms with Crippen molar-refractivity contribution in [1.29, 1.82) is 0 Å². The molecular weight excluding hydrogens is 232 g/mol. The van der Waals surface area contributed by atoms with E-state index in [0.29, 0.717) is 12.2 Å². The van der Waals surface area contributed by atoms with Crippen LogP contribution in [0, 0.1) is 16.0 Å². The molecule has 5 heteroatoms. The smallest absolute Gasteiger partial charge is 0.280 e. The lowest BCUT2D eigenvalue weighted by Crippen LogP contribution is -2.23. The predicted molar refractivity (Wildman–Crippen MR) is 71.2 cm³/mol. The molecule has 0 amide bonds. The summed E-state index contributed by atoms with van der Waals surface area (Å²) in [6.45, 7) is 5.11. The van der Waals surface area contributed by atoms with Crippen LogP contribution in [0.3, 0.4) is 0 Å². The number of hydrogen-bond acceptors (Lipinski definition) is 4. The molecule has 1 rings (SSSR count). The Kier molecular flexibility index (Phi) is 4.83. The van der Waals surface area contributed by atoms with Crippen LogP contribution in [0.15, 0.2) is 18.2 Å². The fraction of sp³-hybridized carbons (Fsp3) is 0.462. The molecule has 1 aromatic carbocycles. The number of rotatable bonds is 6. The molecule has 5 nitrogen and oxygen atoms in total. The highest BCUT2D eigenvalue weighted by molar-refractivity contribution is 5.83. The Bertz CT molecular complexity index is 446. The summed E-state index contributed by atoms with van der Waals surface area (Å²) in [7, 11) is 1.92. The monoisotopic (exact) mass is 250 g/mol. The SMILES string of the molecule is CCC(C)CN(C)c1ccc([N+](=O)[O-])c(C=O)c1. The third-order valence-electron chi connectivity index (χ3n) is 3.06. The molecule has 0 radical (unpaired) electrons. The third kappa shape index (κ3) is 3.29. The van der Waals surface area contributed by atoms with E-state index >= 15 is 0 Å². The van der Waals surface area contributed by atoms with Gasteiger partial charge in [-0.1, -0.05) is 20.3 Å². The average Bonchev–Trinajstić information content (AvgIpc) is 2.37. The molecule has 0 bridgehead atoms. The molecule has 0 N–H and O–H groups in total. The number of carbonyl (C=O) groups is 1. The zero-order valence-electron chi connectivity index (χ0n) is 10.9. The largest absolute Gasteiger partial charge is 0.374 e. The van der Waals surface area contributed by atoms with Crippen LogP contribution in [0.1, 0.15) is 30.6 Å². The molecule has 0 aliphatic heterocycles. The molecule has 0 heterocycles. The maximum Gasteiger partial charge on any atom is 0.280 e. The van der Waals surface area contributed by atoms with E-state index in [9.17, 15) is 14.9 Å². The summed E-state index contributed by atoms with van der Waals surface area (Å²) in [5, 5.41) is 10.7. The second kappa shape index (κ2) is 6.14. The van der Waals surface area contributed by atoms with Gasteiger partial charge in [0.05, 0.1) is 10.5 Å². The molecule has 1 aromatic rings. The highest BCUT2D eigenvalue weighted by atomic mass is 16.6. The first kappa shape index (κ1) is 14.2. The first-order valence-electron chi connectivity index (χ1n) is 5.94. The van der Waals surface area contributed by atoms with Crippen LogP contribution in [-0.2, 0) is 0 Å². The summed E-state index contributed by atoms with van der Waals surface area (Å²) in [6, 6.07) is 4.62. The number of nitro benzene ring substituents is 1. The first-order valence-corrected chi connectivity index (χ1v) is 5.94. The number of anilines is 1. The van der Waals surface area contributed by atoms with Crippen LogP contribution in [0.5, 0.6) is 0 Å². The van der Waals surface area contributed by atoms with Crippen molar-refractivity contribution in [3.8, 4) is 0 Å². The van der Waals surface area contributed by atoms with Crippen molar-refractivity contribution in [2.24, 2.45) is 5.92 Å². The van der Waals surface area contributed by atoms with Crippen molar-refractivity contribution in [2.75, 3.05) is 18.5 Å². The Morgan fingerprint density at radius 3 is 2.67 bits per heavy atom. The van der Waals surface area contributed by atoms with Crippen LogP contribution in [-0.4, -0.2) is 24.8 Å². The Morgan fingerprint density at radius 2 is 2.17 bits per heavy atom. The average molecular weight is 250 g/mol. The van der Waals surface area contributed by atoms with E-state index in [1.165, 1.54) is 6.07 Å². The van der Waals surface area contributed by atoms with Gasteiger partial charge in [0.15, 0.2) is 6.29 Å². The zero-order valence-corrected chi connectivity index (χ0v) is 10.9. The Hall–Kier alpha value is -1.91. The van der Waals surface area contributed by atoms with Gasteiger partial charge in [-0.25, -0.2) is 0 Å². The molecule has 1 atom stereocenters. The molecule has 0 saturated heterocycles. The van der Waals surface area contributed by atoms with Gasteiger partial charge in [-0.05, 0) is 18.1 Å². The highest BCUT2D eigenvalue weighted by Crippen LogP contribution is 2.23. The number of hydrogen-bond donors (Lipinski definition) is 0. The Labute approximate surface area is 107 Å². The first-order chi connectivity index (χ1) is 8.49. The van der Waals surface area contributed by atoms with Gasteiger partial charge in [-0.15, -0.1) is 0 Å². The van der Waals surface area contributed by atoms with E-state index < -0.39 is 4.92 Å². The van der Waals surface area contributed by atoms with Crippen molar-refractivity contribution in [1.82, 2.24) is 0 Å². The third-order valence-corrected chi connectivity index (χ3v) is 3.06. The number of aldehydes is 1. The van der Waals surface area contributed by atoms with E-state index in [1.54, 1.807) is 12.1 Å². The van der Waals surface area contributed by atoms with Crippen molar-refractivity contribution >= 4 is 17.7 Å². The van der Waals surface area contributed by atoms with E-state index in [-0.39, 0.29) is 11.3 Å². The van der Waals surface area contributed by atoms with Gasteiger partial charge in [-0.2, -0.15) is 0 Å². The fourth-order valence-corrected chi connectivity index (χ4v) is 1.74. The van der Waals surface area contributed by atoms with Gasteiger partial charge in [0, 0.05) is 25.3 Å². The summed E-state index contributed by atoms with van der Waals surface area (Å²) in [5.41, 5.74) is 0.794. The van der Waals surface area contributed by atoms with Crippen LogP contribution < -0.4 is 4.90 Å². The summed E-state index contributed by atoms with van der Waals surface area (Å²) in [6.07, 6.45) is 1.59. The second-order valence-corrected chi connectivity index (χ2v) is 4.51. The lowest BCUT2D eigenvalue weighted by Gasteiger charge is -2.22. The van der Waals surface area contributed by atoms with Crippen LogP contribution >= 0.6 is 0 Å². The fourth-order valence-electron chi connectivity index (χ4n) is 1.74. The Balaban J connectivity index is 2.98. The summed E-state index contributed by atoms with van der Waals surface area (Å²) in [4.78, 5) is 23.0. The van der Waals surface area contributed by atoms with Crippen molar-refractivity contribution < 1.29 is 9.72 Å². The lowest BCUT2D eigenvalue weighted by atomic mass is 10.1. The molecule has 0 aromatic heterocycles. The number of carbonyl (C=O) groups excluding carboxylic acids is 1. The van der Waals surface area contributed by atoms with Gasteiger partial charge in [-0.3, -0.25) is 14.9 Å². The maximum atomic E-state index is 10.9. The quantitative estimate of drug-likeness (QED) is 0.442. The molecule has 0 saturated carbocycles. The molecule has 0 spiro atoms. The van der Waals surface area contributed by atoms with Gasteiger partial charge < -0.3 is 4.90 Å². The Morgan fingerprint density at radius 1 is 1.50 bits per heavy atom. The molecule has 18 heavy (non-hydrogen) atoms. The van der Waals surface area contributed by atoms with E-state index in [1.807, 2.05) is 11.9 Å². The molecule has 1 unspecified atom stereocenters. The zero-order chi connectivity index (χ0) is 13.7. The lowest BCUT2D eigenvalue weighted by molar-refractivity contribution is -0.385. The number of benzene rings is 1. The van der Waals surface area contributed by atoms with Crippen LogP contribution in [0.25, 0.3) is 0 Å². The standard InChI is InChI=1S/C13H18N2O3/c1-4-10(2)8-14(3)12-5-6-13(15(17)18)11(7-12)9-16/h5-7,9-10H,4,8H2,1-3H3. The molecule has 0 aliphatic rings. The summed E-state index contributed by atoms with van der Waals surface area (Å²) >= 11 is 0.